The predicted octanol–water partition coefficient (Wildman–Crippen LogP) is 4.70. The molecule has 0 N–H and O–H groups in total. The molecular formula is C19H41NO3S. The number of nitrogens with zero attached hydrogens (tertiary/aromatic N) is 1. The van der Waals surface area contributed by atoms with Crippen molar-refractivity contribution in [3.63, 3.8) is 0 Å². The zero-order valence-electron chi connectivity index (χ0n) is 16.4. The van der Waals surface area contributed by atoms with Crippen molar-refractivity contribution in [3.8, 4) is 0 Å². The van der Waals surface area contributed by atoms with Crippen LogP contribution >= 0.6 is 0 Å². The van der Waals surface area contributed by atoms with E-state index >= 15 is 0 Å². The lowest BCUT2D eigenvalue weighted by Crippen LogP contribution is -2.51. The van der Waals surface area contributed by atoms with E-state index in [0.717, 1.165) is 0 Å². The minimum atomic E-state index is -3.92. The van der Waals surface area contributed by atoms with Gasteiger partial charge in [0.05, 0.1) is 36.3 Å². The first-order chi connectivity index (χ1) is 11.3. The molecule has 0 aliphatic carbocycles. The Morgan fingerprint density at radius 3 is 1.62 bits per heavy atom. The number of rotatable bonds is 11. The van der Waals surface area contributed by atoms with Crippen molar-refractivity contribution in [1.29, 1.82) is 0 Å². The first-order valence-corrected chi connectivity index (χ1v) is 11.9. The van der Waals surface area contributed by atoms with E-state index in [9.17, 15) is 0 Å². The minimum absolute atomic E-state index is 0.604. The highest BCUT2D eigenvalue weighted by Gasteiger charge is 2.26. The zero-order valence-corrected chi connectivity index (χ0v) is 17.2. The molecule has 1 aliphatic rings. The van der Waals surface area contributed by atoms with Gasteiger partial charge in [0.2, 0.25) is 0 Å². The van der Waals surface area contributed by atoms with Gasteiger partial charge >= 0.3 is 0 Å². The highest BCUT2D eigenvalue weighted by atomic mass is 32.2. The number of hydrogen-bond acceptors (Lipinski definition) is 3. The van der Waals surface area contributed by atoms with Crippen LogP contribution in [-0.2, 0) is 10.1 Å². The molecular weight excluding hydrogens is 322 g/mol. The van der Waals surface area contributed by atoms with Crippen LogP contribution in [0.5, 0.6) is 0 Å². The Bertz CT molecular complexity index is 368. The van der Waals surface area contributed by atoms with Crippen molar-refractivity contribution < 1.29 is 17.5 Å². The van der Waals surface area contributed by atoms with E-state index < -0.39 is 10.1 Å². The van der Waals surface area contributed by atoms with E-state index in [-0.39, 0.29) is 0 Å². The second-order valence-electron chi connectivity index (χ2n) is 7.42. The second-order valence-corrected chi connectivity index (χ2v) is 8.83. The Labute approximate surface area is 151 Å². The van der Waals surface area contributed by atoms with E-state index in [1.807, 2.05) is 0 Å². The van der Waals surface area contributed by atoms with Gasteiger partial charge in [0, 0.05) is 6.26 Å². The van der Waals surface area contributed by atoms with Gasteiger partial charge in [0.15, 0.2) is 0 Å². The zero-order chi connectivity index (χ0) is 18.3. The van der Waals surface area contributed by atoms with E-state index in [2.05, 4.69) is 13.8 Å². The van der Waals surface area contributed by atoms with Crippen LogP contribution in [0, 0.1) is 0 Å². The molecule has 0 bridgehead atoms. The van der Waals surface area contributed by atoms with Crippen LogP contribution in [0.25, 0.3) is 0 Å². The lowest BCUT2D eigenvalue weighted by Gasteiger charge is -2.41. The molecule has 0 aromatic heterocycles. The van der Waals surface area contributed by atoms with Crippen molar-refractivity contribution in [1.82, 2.24) is 0 Å². The normalized spacial score (nSPS) is 17.2. The van der Waals surface area contributed by atoms with Crippen LogP contribution in [0.4, 0.5) is 0 Å². The third-order valence-corrected chi connectivity index (χ3v) is 5.17. The van der Waals surface area contributed by atoms with Gasteiger partial charge in [-0.1, -0.05) is 51.9 Å². The van der Waals surface area contributed by atoms with E-state index in [0.29, 0.717) is 6.26 Å². The van der Waals surface area contributed by atoms with Gasteiger partial charge in [-0.3, -0.25) is 0 Å². The molecule has 1 heterocycles. The summed E-state index contributed by atoms with van der Waals surface area (Å²) in [6, 6.07) is 0. The Kier molecular flexibility index (Phi) is 14.0. The number of piperidine rings is 1. The second kappa shape index (κ2) is 14.1. The van der Waals surface area contributed by atoms with Gasteiger partial charge in [-0.2, -0.15) is 0 Å². The maximum Gasteiger partial charge on any atom is 0.0916 e. The summed E-state index contributed by atoms with van der Waals surface area (Å²) >= 11 is 0. The quantitative estimate of drug-likeness (QED) is 0.304. The average Bonchev–Trinajstić information content (AvgIpc) is 2.53. The first kappa shape index (κ1) is 23.9. The highest BCUT2D eigenvalue weighted by molar-refractivity contribution is 7.84. The summed E-state index contributed by atoms with van der Waals surface area (Å²) in [7, 11) is -3.92. The van der Waals surface area contributed by atoms with Crippen LogP contribution in [0.15, 0.2) is 0 Å². The predicted molar refractivity (Wildman–Crippen MR) is 102 cm³/mol. The van der Waals surface area contributed by atoms with E-state index in [1.165, 1.54) is 108 Å². The summed E-state index contributed by atoms with van der Waals surface area (Å²) < 4.78 is 28.7. The molecule has 1 aliphatic heterocycles. The summed E-state index contributed by atoms with van der Waals surface area (Å²) in [5.74, 6) is 0. The van der Waals surface area contributed by atoms with Crippen molar-refractivity contribution in [2.45, 2.75) is 90.9 Å². The fraction of sp³-hybridized carbons (Fsp3) is 1.00. The maximum atomic E-state index is 9.08. The van der Waals surface area contributed by atoms with Crippen molar-refractivity contribution in [2.24, 2.45) is 0 Å². The van der Waals surface area contributed by atoms with Crippen LogP contribution in [0.3, 0.4) is 0 Å². The molecule has 24 heavy (non-hydrogen) atoms. The molecule has 0 atom stereocenters. The van der Waals surface area contributed by atoms with Crippen LogP contribution in [-0.4, -0.2) is 49.9 Å². The maximum absolute atomic E-state index is 9.08. The molecule has 0 radical (unpaired) electrons. The van der Waals surface area contributed by atoms with E-state index in [1.54, 1.807) is 0 Å². The lowest BCUT2D eigenvalue weighted by atomic mass is 10.0. The summed E-state index contributed by atoms with van der Waals surface area (Å²) in [6.07, 6.45) is 18.2. The third kappa shape index (κ3) is 15.4. The molecule has 5 heteroatoms. The first-order valence-electron chi connectivity index (χ1n) is 10.1. The number of likely N-dealkylation sites (tertiary alicyclic amines) is 1. The Hall–Kier alpha value is -0.130. The molecule has 1 saturated heterocycles. The number of unbranched alkanes of at least 4 members (excludes halogenated alkanes) is 8. The Morgan fingerprint density at radius 2 is 1.21 bits per heavy atom. The average molecular weight is 364 g/mol. The van der Waals surface area contributed by atoms with Crippen LogP contribution in [0.2, 0.25) is 0 Å². The third-order valence-electron chi connectivity index (χ3n) is 5.17. The monoisotopic (exact) mass is 363 g/mol. The molecule has 0 aromatic rings. The molecule has 0 spiro atoms. The molecule has 4 nitrogen and oxygen atoms in total. The molecule has 146 valence electrons. The summed E-state index contributed by atoms with van der Waals surface area (Å²) in [6.45, 7) is 10.5. The summed E-state index contributed by atoms with van der Waals surface area (Å²) in [5.41, 5.74) is 0. The fourth-order valence-electron chi connectivity index (χ4n) is 3.64. The molecule has 0 amide bonds. The molecule has 1 rings (SSSR count). The van der Waals surface area contributed by atoms with Gasteiger partial charge < -0.3 is 9.04 Å². The van der Waals surface area contributed by atoms with Crippen LogP contribution in [0.1, 0.15) is 90.9 Å². The van der Waals surface area contributed by atoms with Crippen molar-refractivity contribution >= 4 is 10.1 Å². The van der Waals surface area contributed by atoms with Gasteiger partial charge in [-0.15, -0.1) is 0 Å². The topological polar surface area (TPSA) is 57.2 Å². The van der Waals surface area contributed by atoms with Gasteiger partial charge in [-0.25, -0.2) is 8.42 Å². The largest absolute Gasteiger partial charge is 0.748 e. The van der Waals surface area contributed by atoms with Crippen molar-refractivity contribution in [2.75, 3.05) is 32.4 Å². The summed E-state index contributed by atoms with van der Waals surface area (Å²) in [5, 5.41) is 0. The smallest absolute Gasteiger partial charge is 0.0916 e. The standard InChI is InChI=1S/C18H38N.CH4O3S/c1-3-5-6-7-8-9-10-11-13-16-19(4-2)17-14-12-15-18-19;1-5(2,3)4/h3-18H2,1-2H3;1H3,(H,2,3,4)/q+1;/p-1. The number of hydrogen-bond donors (Lipinski definition) is 0. The van der Waals surface area contributed by atoms with Gasteiger partial charge in [0.1, 0.15) is 0 Å². The molecule has 0 aromatic carbocycles. The highest BCUT2D eigenvalue weighted by Crippen LogP contribution is 2.20. The molecule has 0 saturated carbocycles. The Morgan fingerprint density at radius 1 is 0.792 bits per heavy atom. The fourth-order valence-corrected chi connectivity index (χ4v) is 3.64. The van der Waals surface area contributed by atoms with E-state index in [4.69, 9.17) is 13.0 Å². The van der Waals surface area contributed by atoms with Gasteiger partial charge in [-0.05, 0) is 39.0 Å². The minimum Gasteiger partial charge on any atom is -0.748 e. The lowest BCUT2D eigenvalue weighted by molar-refractivity contribution is -0.931. The molecule has 0 unspecified atom stereocenters. The van der Waals surface area contributed by atoms with Crippen LogP contribution < -0.4 is 0 Å². The van der Waals surface area contributed by atoms with Crippen molar-refractivity contribution in [3.05, 3.63) is 0 Å². The Balaban J connectivity index is 0.000000922. The summed E-state index contributed by atoms with van der Waals surface area (Å²) in [4.78, 5) is 0. The van der Waals surface area contributed by atoms with Gasteiger partial charge in [0.25, 0.3) is 0 Å². The number of quaternary nitrogens is 1. The SMILES string of the molecule is CCCCCCCCCCC[N+]1(CC)CCCCC1.CS(=O)(=O)[O-]. The molecule has 1 fully saturated rings.